The molecular formula is C15H21NO3S. The summed E-state index contributed by atoms with van der Waals surface area (Å²) in [5.41, 5.74) is 0.857. The van der Waals surface area contributed by atoms with Gasteiger partial charge in [0.15, 0.2) is 0 Å². The number of hydrogen-bond donors (Lipinski definition) is 1. The summed E-state index contributed by atoms with van der Waals surface area (Å²) in [4.78, 5) is 25.1. The monoisotopic (exact) mass is 295 g/mol. The van der Waals surface area contributed by atoms with Crippen LogP contribution in [-0.4, -0.2) is 28.9 Å². The third-order valence-electron chi connectivity index (χ3n) is 2.85. The highest BCUT2D eigenvalue weighted by molar-refractivity contribution is 7.10. The Hall–Kier alpha value is -1.62. The van der Waals surface area contributed by atoms with E-state index in [0.717, 1.165) is 22.9 Å². The molecule has 1 aromatic rings. The maximum atomic E-state index is 11.9. The summed E-state index contributed by atoms with van der Waals surface area (Å²) >= 11 is 1.53. The first-order valence-corrected chi connectivity index (χ1v) is 7.49. The van der Waals surface area contributed by atoms with Crippen molar-refractivity contribution in [2.75, 3.05) is 7.05 Å². The van der Waals surface area contributed by atoms with E-state index < -0.39 is 5.97 Å². The van der Waals surface area contributed by atoms with Crippen LogP contribution in [0.15, 0.2) is 17.5 Å². The number of carboxylic acids is 1. The Balaban J connectivity index is 2.51. The van der Waals surface area contributed by atoms with E-state index in [1.807, 2.05) is 11.4 Å². The average Bonchev–Trinajstić information content (AvgIpc) is 2.81. The number of nitrogens with zero attached hydrogens (tertiary/aromatic N) is 1. The van der Waals surface area contributed by atoms with Gasteiger partial charge >= 0.3 is 5.97 Å². The Morgan fingerprint density at radius 2 is 2.15 bits per heavy atom. The second-order valence-electron chi connectivity index (χ2n) is 5.20. The lowest BCUT2D eigenvalue weighted by molar-refractivity contribution is -0.131. The molecule has 0 atom stereocenters. The highest BCUT2D eigenvalue weighted by Crippen LogP contribution is 2.18. The van der Waals surface area contributed by atoms with Crippen molar-refractivity contribution in [3.8, 4) is 0 Å². The van der Waals surface area contributed by atoms with Crippen LogP contribution in [0.4, 0.5) is 0 Å². The fourth-order valence-electron chi connectivity index (χ4n) is 1.66. The third kappa shape index (κ3) is 6.02. The van der Waals surface area contributed by atoms with Crippen molar-refractivity contribution in [2.24, 2.45) is 5.92 Å². The molecule has 0 radical (unpaired) electrons. The lowest BCUT2D eigenvalue weighted by atomic mass is 10.1. The molecule has 0 saturated carbocycles. The molecule has 0 fully saturated rings. The molecule has 110 valence electrons. The van der Waals surface area contributed by atoms with Crippen LogP contribution in [0.1, 0.15) is 37.1 Å². The number of rotatable bonds is 7. The van der Waals surface area contributed by atoms with Gasteiger partial charge in [0.1, 0.15) is 0 Å². The zero-order valence-corrected chi connectivity index (χ0v) is 12.9. The van der Waals surface area contributed by atoms with Crippen molar-refractivity contribution < 1.29 is 14.7 Å². The molecule has 0 aromatic carbocycles. The van der Waals surface area contributed by atoms with Crippen molar-refractivity contribution in [2.45, 2.75) is 33.2 Å². The molecule has 0 aliphatic rings. The second-order valence-corrected chi connectivity index (χ2v) is 6.20. The van der Waals surface area contributed by atoms with Gasteiger partial charge in [-0.3, -0.25) is 4.79 Å². The second kappa shape index (κ2) is 7.85. The molecule has 0 unspecified atom stereocenters. The maximum Gasteiger partial charge on any atom is 0.328 e. The van der Waals surface area contributed by atoms with E-state index >= 15 is 0 Å². The van der Waals surface area contributed by atoms with Gasteiger partial charge in [-0.15, -0.1) is 11.3 Å². The summed E-state index contributed by atoms with van der Waals surface area (Å²) in [5, 5.41) is 10.5. The summed E-state index contributed by atoms with van der Waals surface area (Å²) in [6.07, 6.45) is 4.15. The number of carbonyl (C=O) groups excluding carboxylic acids is 1. The minimum Gasteiger partial charge on any atom is -0.478 e. The first-order chi connectivity index (χ1) is 9.38. The molecule has 0 aliphatic carbocycles. The van der Waals surface area contributed by atoms with E-state index in [2.05, 4.69) is 13.8 Å². The normalized spacial score (nSPS) is 11.2. The SMILES string of the molecule is CC(C)CCC(=O)N(C)Cc1cc(C=CC(=O)O)cs1. The van der Waals surface area contributed by atoms with Crippen LogP contribution in [0.3, 0.4) is 0 Å². The van der Waals surface area contributed by atoms with Crippen LogP contribution in [0.2, 0.25) is 0 Å². The third-order valence-corrected chi connectivity index (χ3v) is 3.79. The largest absolute Gasteiger partial charge is 0.478 e. The van der Waals surface area contributed by atoms with Crippen LogP contribution in [0.5, 0.6) is 0 Å². The molecule has 1 aromatic heterocycles. The molecular weight excluding hydrogens is 274 g/mol. The molecule has 1 heterocycles. The van der Waals surface area contributed by atoms with Crippen molar-refractivity contribution >= 4 is 29.3 Å². The summed E-state index contributed by atoms with van der Waals surface area (Å²) in [7, 11) is 1.80. The molecule has 0 saturated heterocycles. The van der Waals surface area contributed by atoms with Crippen molar-refractivity contribution in [1.82, 2.24) is 4.90 Å². The molecule has 4 nitrogen and oxygen atoms in total. The summed E-state index contributed by atoms with van der Waals surface area (Å²) in [6.45, 7) is 4.78. The van der Waals surface area contributed by atoms with Crippen LogP contribution < -0.4 is 0 Å². The van der Waals surface area contributed by atoms with E-state index in [-0.39, 0.29) is 5.91 Å². The van der Waals surface area contributed by atoms with Gasteiger partial charge in [0.2, 0.25) is 5.91 Å². The van der Waals surface area contributed by atoms with E-state index in [9.17, 15) is 9.59 Å². The van der Waals surface area contributed by atoms with E-state index in [4.69, 9.17) is 5.11 Å². The van der Waals surface area contributed by atoms with Gasteiger partial charge in [0, 0.05) is 24.4 Å². The lowest BCUT2D eigenvalue weighted by Gasteiger charge is -2.16. The zero-order valence-electron chi connectivity index (χ0n) is 12.1. The predicted molar refractivity (Wildman–Crippen MR) is 81.5 cm³/mol. The standard InChI is InChI=1S/C15H21NO3S/c1-11(2)4-6-14(17)16(3)9-13-8-12(10-20-13)5-7-15(18)19/h5,7-8,10-11H,4,6,9H2,1-3H3,(H,18,19). The number of thiophene rings is 1. The minimum absolute atomic E-state index is 0.148. The molecule has 20 heavy (non-hydrogen) atoms. The van der Waals surface area contributed by atoms with Crippen LogP contribution in [0.25, 0.3) is 6.08 Å². The van der Waals surface area contributed by atoms with E-state index in [1.54, 1.807) is 18.0 Å². The first kappa shape index (κ1) is 16.4. The number of carboxylic acid groups (broad SMARTS) is 1. The molecule has 0 aliphatic heterocycles. The number of aliphatic carboxylic acids is 1. The molecule has 1 amide bonds. The van der Waals surface area contributed by atoms with Crippen LogP contribution in [0, 0.1) is 5.92 Å². The Kier molecular flexibility index (Phi) is 6.45. The fourth-order valence-corrected chi connectivity index (χ4v) is 2.57. The van der Waals surface area contributed by atoms with E-state index in [1.165, 1.54) is 11.3 Å². The molecule has 5 heteroatoms. The predicted octanol–water partition coefficient (Wildman–Crippen LogP) is 3.24. The lowest BCUT2D eigenvalue weighted by Crippen LogP contribution is -2.25. The van der Waals surface area contributed by atoms with Gasteiger partial charge in [0.05, 0.1) is 6.54 Å². The van der Waals surface area contributed by atoms with Crippen molar-refractivity contribution in [3.63, 3.8) is 0 Å². The van der Waals surface area contributed by atoms with Gasteiger partial charge in [-0.2, -0.15) is 0 Å². The van der Waals surface area contributed by atoms with Gasteiger partial charge in [0.25, 0.3) is 0 Å². The Morgan fingerprint density at radius 1 is 1.45 bits per heavy atom. The average molecular weight is 295 g/mol. The summed E-state index contributed by atoms with van der Waals surface area (Å²) < 4.78 is 0. The number of carbonyl (C=O) groups is 2. The minimum atomic E-state index is -0.960. The smallest absolute Gasteiger partial charge is 0.328 e. The molecule has 1 N–H and O–H groups in total. The Morgan fingerprint density at radius 3 is 2.75 bits per heavy atom. The van der Waals surface area contributed by atoms with Crippen LogP contribution >= 0.6 is 11.3 Å². The first-order valence-electron chi connectivity index (χ1n) is 6.61. The molecule has 0 bridgehead atoms. The Bertz CT molecular complexity index is 491. The van der Waals surface area contributed by atoms with Crippen molar-refractivity contribution in [1.29, 1.82) is 0 Å². The fraction of sp³-hybridized carbons (Fsp3) is 0.467. The van der Waals surface area contributed by atoms with Gasteiger partial charge in [-0.1, -0.05) is 13.8 Å². The number of amides is 1. The van der Waals surface area contributed by atoms with E-state index in [0.29, 0.717) is 18.9 Å². The summed E-state index contributed by atoms with van der Waals surface area (Å²) in [6, 6.07) is 1.91. The molecule has 0 spiro atoms. The van der Waals surface area contributed by atoms with Crippen molar-refractivity contribution in [3.05, 3.63) is 28.0 Å². The summed E-state index contributed by atoms with van der Waals surface area (Å²) in [5.74, 6) is -0.282. The highest BCUT2D eigenvalue weighted by atomic mass is 32.1. The quantitative estimate of drug-likeness (QED) is 0.786. The number of hydrogen-bond acceptors (Lipinski definition) is 3. The molecule has 1 rings (SSSR count). The van der Waals surface area contributed by atoms with Gasteiger partial charge < -0.3 is 10.0 Å². The zero-order chi connectivity index (χ0) is 15.1. The van der Waals surface area contributed by atoms with Gasteiger partial charge in [-0.25, -0.2) is 4.79 Å². The van der Waals surface area contributed by atoms with Gasteiger partial charge in [-0.05, 0) is 35.4 Å². The maximum absolute atomic E-state index is 11.9. The topological polar surface area (TPSA) is 57.6 Å². The van der Waals surface area contributed by atoms with Crippen LogP contribution in [-0.2, 0) is 16.1 Å². The highest BCUT2D eigenvalue weighted by Gasteiger charge is 2.11. The Labute approximate surface area is 123 Å².